The molecule has 1 fully saturated rings. The number of carbonyl (C=O) groups is 2. The zero-order chi connectivity index (χ0) is 14.4. The van der Waals surface area contributed by atoms with E-state index in [0.29, 0.717) is 19.7 Å². The number of benzene rings is 1. The lowest BCUT2D eigenvalue weighted by molar-refractivity contribution is -0.127. The summed E-state index contributed by atoms with van der Waals surface area (Å²) in [6.45, 7) is 3.83. The number of ether oxygens (including phenoxy) is 1. The minimum atomic E-state index is -0.407. The van der Waals surface area contributed by atoms with Crippen LogP contribution in [-0.2, 0) is 16.1 Å². The van der Waals surface area contributed by atoms with Crippen LogP contribution < -0.4 is 5.32 Å². The van der Waals surface area contributed by atoms with Gasteiger partial charge in [0.1, 0.15) is 0 Å². The average molecular weight is 276 g/mol. The molecule has 0 radical (unpaired) electrons. The Bertz CT molecular complexity index is 461. The number of hydrogen-bond donors (Lipinski definition) is 1. The molecule has 1 aliphatic rings. The summed E-state index contributed by atoms with van der Waals surface area (Å²) in [7, 11) is 0. The summed E-state index contributed by atoms with van der Waals surface area (Å²) in [4.78, 5) is 24.6. The standard InChI is InChI=1S/C15H20N2O3/c1-12(18)17-8-7-14(10-17)11-20-15(19)16-9-13-5-3-2-4-6-13/h2-6,14H,7-11H2,1H3,(H,16,19)/t14-/m0/s1. The van der Waals surface area contributed by atoms with E-state index in [4.69, 9.17) is 4.74 Å². The number of hydrogen-bond acceptors (Lipinski definition) is 3. The third-order valence-electron chi connectivity index (χ3n) is 3.46. The smallest absolute Gasteiger partial charge is 0.407 e. The number of amides is 2. The van der Waals surface area contributed by atoms with Crippen molar-refractivity contribution in [2.24, 2.45) is 5.92 Å². The van der Waals surface area contributed by atoms with Gasteiger partial charge in [0.15, 0.2) is 0 Å². The van der Waals surface area contributed by atoms with Crippen molar-refractivity contribution in [3.8, 4) is 0 Å². The van der Waals surface area contributed by atoms with Gasteiger partial charge in [0.25, 0.3) is 0 Å². The fraction of sp³-hybridized carbons (Fsp3) is 0.467. The van der Waals surface area contributed by atoms with Crippen molar-refractivity contribution < 1.29 is 14.3 Å². The molecule has 0 unspecified atom stereocenters. The predicted molar refractivity (Wildman–Crippen MR) is 75.0 cm³/mol. The van der Waals surface area contributed by atoms with Crippen LogP contribution in [0.15, 0.2) is 30.3 Å². The summed E-state index contributed by atoms with van der Waals surface area (Å²) in [5, 5.41) is 2.72. The third kappa shape index (κ3) is 4.26. The second kappa shape index (κ2) is 6.93. The van der Waals surface area contributed by atoms with E-state index in [9.17, 15) is 9.59 Å². The lowest BCUT2D eigenvalue weighted by Crippen LogP contribution is -2.29. The molecule has 0 aromatic heterocycles. The van der Waals surface area contributed by atoms with Gasteiger partial charge in [-0.3, -0.25) is 4.79 Å². The van der Waals surface area contributed by atoms with Crippen molar-refractivity contribution in [1.82, 2.24) is 10.2 Å². The van der Waals surface area contributed by atoms with Crippen molar-refractivity contribution in [3.05, 3.63) is 35.9 Å². The Morgan fingerprint density at radius 1 is 1.35 bits per heavy atom. The van der Waals surface area contributed by atoms with Gasteiger partial charge in [0.2, 0.25) is 5.91 Å². The number of rotatable bonds is 4. The maximum atomic E-state index is 11.6. The van der Waals surface area contributed by atoms with Gasteiger partial charge in [-0.2, -0.15) is 0 Å². The van der Waals surface area contributed by atoms with Crippen LogP contribution in [0.3, 0.4) is 0 Å². The first-order valence-corrected chi connectivity index (χ1v) is 6.85. The van der Waals surface area contributed by atoms with E-state index < -0.39 is 6.09 Å². The van der Waals surface area contributed by atoms with Gasteiger partial charge in [-0.25, -0.2) is 4.79 Å². The highest BCUT2D eigenvalue weighted by atomic mass is 16.5. The molecule has 1 aliphatic heterocycles. The number of nitrogens with zero attached hydrogens (tertiary/aromatic N) is 1. The van der Waals surface area contributed by atoms with Gasteiger partial charge in [-0.15, -0.1) is 0 Å². The molecular formula is C15H20N2O3. The van der Waals surface area contributed by atoms with E-state index in [2.05, 4.69) is 5.32 Å². The molecule has 1 aromatic rings. The summed E-state index contributed by atoms with van der Waals surface area (Å²) in [6, 6.07) is 9.68. The molecule has 0 spiro atoms. The predicted octanol–water partition coefficient (Wildman–Crippen LogP) is 1.78. The topological polar surface area (TPSA) is 58.6 Å². The molecule has 20 heavy (non-hydrogen) atoms. The summed E-state index contributed by atoms with van der Waals surface area (Å²) in [5.41, 5.74) is 1.04. The molecule has 1 aromatic carbocycles. The van der Waals surface area contributed by atoms with Crippen LogP contribution >= 0.6 is 0 Å². The van der Waals surface area contributed by atoms with Crippen LogP contribution in [0.4, 0.5) is 4.79 Å². The quantitative estimate of drug-likeness (QED) is 0.912. The second-order valence-corrected chi connectivity index (χ2v) is 5.06. The molecule has 1 saturated heterocycles. The highest BCUT2D eigenvalue weighted by Crippen LogP contribution is 2.16. The summed E-state index contributed by atoms with van der Waals surface area (Å²) >= 11 is 0. The molecule has 5 nitrogen and oxygen atoms in total. The van der Waals surface area contributed by atoms with Crippen LogP contribution in [0.25, 0.3) is 0 Å². The molecule has 0 aliphatic carbocycles. The monoisotopic (exact) mass is 276 g/mol. The van der Waals surface area contributed by atoms with Crippen LogP contribution in [0.5, 0.6) is 0 Å². The normalized spacial score (nSPS) is 17.9. The van der Waals surface area contributed by atoms with E-state index in [1.54, 1.807) is 11.8 Å². The highest BCUT2D eigenvalue weighted by Gasteiger charge is 2.25. The molecule has 1 heterocycles. The SMILES string of the molecule is CC(=O)N1CC[C@H](COC(=O)NCc2ccccc2)C1. The Hall–Kier alpha value is -2.04. The Kier molecular flexibility index (Phi) is 4.98. The van der Waals surface area contributed by atoms with E-state index in [-0.39, 0.29) is 11.8 Å². The Labute approximate surface area is 118 Å². The average Bonchev–Trinajstić information content (AvgIpc) is 2.93. The van der Waals surface area contributed by atoms with E-state index in [1.807, 2.05) is 30.3 Å². The van der Waals surface area contributed by atoms with Gasteiger partial charge >= 0.3 is 6.09 Å². The minimum absolute atomic E-state index is 0.0843. The van der Waals surface area contributed by atoms with Crippen molar-refractivity contribution in [1.29, 1.82) is 0 Å². The fourth-order valence-corrected chi connectivity index (χ4v) is 2.27. The first kappa shape index (κ1) is 14.4. The number of alkyl carbamates (subject to hydrolysis) is 1. The number of carbonyl (C=O) groups excluding carboxylic acids is 2. The molecule has 5 heteroatoms. The molecule has 2 amide bonds. The van der Waals surface area contributed by atoms with E-state index in [0.717, 1.165) is 18.5 Å². The summed E-state index contributed by atoms with van der Waals surface area (Å²) in [6.07, 6.45) is 0.487. The molecule has 108 valence electrons. The van der Waals surface area contributed by atoms with Gasteiger partial charge in [0.05, 0.1) is 6.61 Å². The van der Waals surface area contributed by atoms with Gasteiger partial charge < -0.3 is 15.0 Å². The van der Waals surface area contributed by atoms with Crippen molar-refractivity contribution >= 4 is 12.0 Å². The molecule has 1 N–H and O–H groups in total. The van der Waals surface area contributed by atoms with Crippen molar-refractivity contribution in [3.63, 3.8) is 0 Å². The minimum Gasteiger partial charge on any atom is -0.449 e. The fourth-order valence-electron chi connectivity index (χ4n) is 2.27. The molecule has 2 rings (SSSR count). The first-order valence-electron chi connectivity index (χ1n) is 6.85. The van der Waals surface area contributed by atoms with Crippen LogP contribution in [-0.4, -0.2) is 36.6 Å². The molecule has 1 atom stereocenters. The zero-order valence-corrected chi connectivity index (χ0v) is 11.7. The Morgan fingerprint density at radius 2 is 2.10 bits per heavy atom. The number of nitrogens with one attached hydrogen (secondary N) is 1. The van der Waals surface area contributed by atoms with E-state index >= 15 is 0 Å². The Balaban J connectivity index is 1.65. The van der Waals surface area contributed by atoms with Gasteiger partial charge in [-0.1, -0.05) is 30.3 Å². The van der Waals surface area contributed by atoms with Crippen LogP contribution in [0, 0.1) is 5.92 Å². The lowest BCUT2D eigenvalue weighted by atomic mass is 10.1. The first-order chi connectivity index (χ1) is 9.65. The molecule has 0 bridgehead atoms. The van der Waals surface area contributed by atoms with Gasteiger partial charge in [-0.05, 0) is 12.0 Å². The van der Waals surface area contributed by atoms with Crippen molar-refractivity contribution in [2.45, 2.75) is 19.9 Å². The third-order valence-corrected chi connectivity index (χ3v) is 3.46. The molecule has 0 saturated carbocycles. The van der Waals surface area contributed by atoms with Gasteiger partial charge in [0, 0.05) is 32.5 Å². The van der Waals surface area contributed by atoms with Crippen LogP contribution in [0.2, 0.25) is 0 Å². The number of likely N-dealkylation sites (tertiary alicyclic amines) is 1. The van der Waals surface area contributed by atoms with Crippen molar-refractivity contribution in [2.75, 3.05) is 19.7 Å². The Morgan fingerprint density at radius 3 is 2.75 bits per heavy atom. The molecular weight excluding hydrogens is 256 g/mol. The van der Waals surface area contributed by atoms with E-state index in [1.165, 1.54) is 0 Å². The maximum Gasteiger partial charge on any atom is 0.407 e. The maximum absolute atomic E-state index is 11.6. The largest absolute Gasteiger partial charge is 0.449 e. The van der Waals surface area contributed by atoms with Crippen LogP contribution in [0.1, 0.15) is 18.9 Å². The summed E-state index contributed by atoms with van der Waals surface area (Å²) < 4.78 is 5.19. The lowest BCUT2D eigenvalue weighted by Gasteiger charge is -2.14. The summed E-state index contributed by atoms with van der Waals surface area (Å²) in [5.74, 6) is 0.336. The highest BCUT2D eigenvalue weighted by molar-refractivity contribution is 5.73. The second-order valence-electron chi connectivity index (χ2n) is 5.06. The zero-order valence-electron chi connectivity index (χ0n) is 11.7.